The van der Waals surface area contributed by atoms with Crippen LogP contribution in [0.2, 0.25) is 0 Å². The van der Waals surface area contributed by atoms with Crippen LogP contribution in [0.15, 0.2) is 0 Å². The molecule has 0 aromatic heterocycles. The van der Waals surface area contributed by atoms with Crippen LogP contribution < -0.4 is 5.32 Å². The Bertz CT molecular complexity index is 197. The summed E-state index contributed by atoms with van der Waals surface area (Å²) in [5.74, 6) is -4.99. The number of rotatable bonds is 2. The highest BCUT2D eigenvalue weighted by Crippen LogP contribution is 2.34. The fourth-order valence-corrected chi connectivity index (χ4v) is 1.53. The number of nitrogens with one attached hydrogen (secondary N) is 1. The molecule has 0 radical (unpaired) electrons. The van der Waals surface area contributed by atoms with Crippen LogP contribution in [-0.4, -0.2) is 30.1 Å². The van der Waals surface area contributed by atoms with E-state index in [1.807, 2.05) is 0 Å². The maximum absolute atomic E-state index is 13.2. The van der Waals surface area contributed by atoms with Crippen LogP contribution in [0.3, 0.4) is 0 Å². The van der Waals surface area contributed by atoms with Gasteiger partial charge in [-0.1, -0.05) is 0 Å². The van der Waals surface area contributed by atoms with Gasteiger partial charge in [0.05, 0.1) is 6.42 Å². The van der Waals surface area contributed by atoms with Crippen molar-refractivity contribution in [1.29, 1.82) is 0 Å². The van der Waals surface area contributed by atoms with Gasteiger partial charge in [-0.25, -0.2) is 8.78 Å². The van der Waals surface area contributed by atoms with Crippen molar-refractivity contribution in [2.75, 3.05) is 13.1 Å². The van der Waals surface area contributed by atoms with E-state index in [0.717, 1.165) is 0 Å². The van der Waals surface area contributed by atoms with Gasteiger partial charge in [0.2, 0.25) is 0 Å². The molecule has 5 heteroatoms. The second-order valence-electron chi connectivity index (χ2n) is 3.34. The fourth-order valence-electron chi connectivity index (χ4n) is 1.53. The third-order valence-electron chi connectivity index (χ3n) is 2.32. The Morgan fingerprint density at radius 1 is 1.54 bits per heavy atom. The highest BCUT2D eigenvalue weighted by Gasteiger charge is 2.40. The molecule has 1 unspecified atom stereocenters. The molecular formula is C8H13F2NO2. The minimum atomic E-state index is -2.83. The maximum atomic E-state index is 13.2. The molecule has 0 saturated carbocycles. The Labute approximate surface area is 75.1 Å². The number of halogens is 2. The summed E-state index contributed by atoms with van der Waals surface area (Å²) >= 11 is 0. The number of carboxylic acids is 1. The molecule has 13 heavy (non-hydrogen) atoms. The largest absolute Gasteiger partial charge is 0.481 e. The van der Waals surface area contributed by atoms with Gasteiger partial charge >= 0.3 is 5.97 Å². The molecular weight excluding hydrogens is 180 g/mol. The number of carbonyl (C=O) groups is 1. The minimum Gasteiger partial charge on any atom is -0.481 e. The van der Waals surface area contributed by atoms with Gasteiger partial charge in [-0.15, -0.1) is 0 Å². The van der Waals surface area contributed by atoms with Crippen molar-refractivity contribution in [3.05, 3.63) is 0 Å². The first-order chi connectivity index (χ1) is 6.02. The monoisotopic (exact) mass is 193 g/mol. The van der Waals surface area contributed by atoms with E-state index in [2.05, 4.69) is 5.32 Å². The number of hydrogen-bond donors (Lipinski definition) is 2. The summed E-state index contributed by atoms with van der Waals surface area (Å²) in [6, 6.07) is 0. The Morgan fingerprint density at radius 2 is 2.23 bits per heavy atom. The van der Waals surface area contributed by atoms with Crippen LogP contribution in [0.25, 0.3) is 0 Å². The molecule has 1 atom stereocenters. The van der Waals surface area contributed by atoms with Crippen LogP contribution in [0.4, 0.5) is 8.78 Å². The second kappa shape index (κ2) is 4.00. The smallest absolute Gasteiger partial charge is 0.303 e. The highest BCUT2D eigenvalue weighted by atomic mass is 19.3. The summed E-state index contributed by atoms with van der Waals surface area (Å²) in [7, 11) is 0. The second-order valence-corrected chi connectivity index (χ2v) is 3.34. The molecule has 3 nitrogen and oxygen atoms in total. The molecule has 2 N–H and O–H groups in total. The third-order valence-corrected chi connectivity index (χ3v) is 2.32. The van der Waals surface area contributed by atoms with Gasteiger partial charge < -0.3 is 10.4 Å². The summed E-state index contributed by atoms with van der Waals surface area (Å²) < 4.78 is 26.4. The van der Waals surface area contributed by atoms with Crippen molar-refractivity contribution in [2.24, 2.45) is 5.92 Å². The SMILES string of the molecule is O=C(O)CC1CCNCCC1(F)F. The van der Waals surface area contributed by atoms with E-state index in [0.29, 0.717) is 6.54 Å². The van der Waals surface area contributed by atoms with E-state index in [9.17, 15) is 13.6 Å². The lowest BCUT2D eigenvalue weighted by molar-refractivity contribution is -0.143. The van der Waals surface area contributed by atoms with E-state index >= 15 is 0 Å². The predicted molar refractivity (Wildman–Crippen MR) is 42.8 cm³/mol. The van der Waals surface area contributed by atoms with Gasteiger partial charge in [0.25, 0.3) is 5.92 Å². The Balaban J connectivity index is 2.60. The van der Waals surface area contributed by atoms with Crippen molar-refractivity contribution in [2.45, 2.75) is 25.2 Å². The van der Waals surface area contributed by atoms with Crippen molar-refractivity contribution in [1.82, 2.24) is 5.32 Å². The van der Waals surface area contributed by atoms with Crippen LogP contribution in [0.5, 0.6) is 0 Å². The summed E-state index contributed by atoms with van der Waals surface area (Å²) in [4.78, 5) is 10.3. The average Bonchev–Trinajstić information content (AvgIpc) is 2.13. The van der Waals surface area contributed by atoms with Gasteiger partial charge in [0.15, 0.2) is 0 Å². The van der Waals surface area contributed by atoms with Crippen LogP contribution in [-0.2, 0) is 4.79 Å². The van der Waals surface area contributed by atoms with E-state index in [1.54, 1.807) is 0 Å². The van der Waals surface area contributed by atoms with Gasteiger partial charge in [-0.3, -0.25) is 4.79 Å². The van der Waals surface area contributed by atoms with Crippen LogP contribution in [0.1, 0.15) is 19.3 Å². The molecule has 1 rings (SSSR count). The zero-order valence-corrected chi connectivity index (χ0v) is 7.22. The molecule has 1 aliphatic heterocycles. The molecule has 0 aliphatic carbocycles. The first-order valence-electron chi connectivity index (χ1n) is 4.33. The van der Waals surface area contributed by atoms with Crippen molar-refractivity contribution >= 4 is 5.97 Å². The number of hydrogen-bond acceptors (Lipinski definition) is 2. The molecule has 76 valence electrons. The van der Waals surface area contributed by atoms with Crippen molar-refractivity contribution in [3.8, 4) is 0 Å². The average molecular weight is 193 g/mol. The van der Waals surface area contributed by atoms with Gasteiger partial charge in [0.1, 0.15) is 0 Å². The Kier molecular flexibility index (Phi) is 3.19. The first kappa shape index (κ1) is 10.4. The molecule has 0 spiro atoms. The molecule has 0 bridgehead atoms. The van der Waals surface area contributed by atoms with E-state index in [-0.39, 0.29) is 19.4 Å². The van der Waals surface area contributed by atoms with Gasteiger partial charge in [-0.2, -0.15) is 0 Å². The molecule has 1 heterocycles. The number of aliphatic carboxylic acids is 1. The topological polar surface area (TPSA) is 49.3 Å². The lowest BCUT2D eigenvalue weighted by atomic mass is 9.93. The molecule has 0 aromatic carbocycles. The lowest BCUT2D eigenvalue weighted by Crippen LogP contribution is -2.30. The Morgan fingerprint density at radius 3 is 2.85 bits per heavy atom. The number of carboxylic acid groups (broad SMARTS) is 1. The zero-order chi connectivity index (χ0) is 9.90. The highest BCUT2D eigenvalue weighted by molar-refractivity contribution is 5.67. The van der Waals surface area contributed by atoms with E-state index in [1.165, 1.54) is 0 Å². The number of alkyl halides is 2. The first-order valence-corrected chi connectivity index (χ1v) is 4.33. The third kappa shape index (κ3) is 2.91. The molecule has 1 saturated heterocycles. The molecule has 0 amide bonds. The summed E-state index contributed by atoms with van der Waals surface area (Å²) in [6.45, 7) is 0.747. The van der Waals surface area contributed by atoms with E-state index < -0.39 is 24.2 Å². The molecule has 1 aliphatic rings. The van der Waals surface area contributed by atoms with Crippen molar-refractivity contribution < 1.29 is 18.7 Å². The zero-order valence-electron chi connectivity index (χ0n) is 7.22. The quantitative estimate of drug-likeness (QED) is 0.690. The van der Waals surface area contributed by atoms with Gasteiger partial charge in [-0.05, 0) is 13.0 Å². The summed E-state index contributed by atoms with van der Waals surface area (Å²) in [5, 5.41) is 11.3. The summed E-state index contributed by atoms with van der Waals surface area (Å²) in [6.07, 6.45) is -0.459. The normalized spacial score (nSPS) is 28.0. The maximum Gasteiger partial charge on any atom is 0.303 e. The van der Waals surface area contributed by atoms with E-state index in [4.69, 9.17) is 5.11 Å². The predicted octanol–water partition coefficient (Wildman–Crippen LogP) is 1.10. The Hall–Kier alpha value is -0.710. The fraction of sp³-hybridized carbons (Fsp3) is 0.875. The lowest BCUT2D eigenvalue weighted by Gasteiger charge is -2.22. The van der Waals surface area contributed by atoms with Crippen LogP contribution >= 0.6 is 0 Å². The molecule has 0 aromatic rings. The van der Waals surface area contributed by atoms with Crippen molar-refractivity contribution in [3.63, 3.8) is 0 Å². The summed E-state index contributed by atoms with van der Waals surface area (Å²) in [5.41, 5.74) is 0. The standard InChI is InChI=1S/C8H13F2NO2/c9-8(10)2-4-11-3-1-6(8)5-7(12)13/h6,11H,1-5H2,(H,12,13). The van der Waals surface area contributed by atoms with Crippen LogP contribution in [0, 0.1) is 5.92 Å². The molecule has 1 fully saturated rings. The van der Waals surface area contributed by atoms with Gasteiger partial charge in [0, 0.05) is 18.9 Å². The minimum absolute atomic E-state index is 0.235.